The maximum absolute atomic E-state index is 13.1. The van der Waals surface area contributed by atoms with Gasteiger partial charge >= 0.3 is 0 Å². The van der Waals surface area contributed by atoms with Gasteiger partial charge in [0, 0.05) is 29.2 Å². The zero-order chi connectivity index (χ0) is 24.2. The number of nitrogens with one attached hydrogen (secondary N) is 1. The molecule has 5 rings (SSSR count). The summed E-state index contributed by atoms with van der Waals surface area (Å²) in [6.45, 7) is 2.10. The molecule has 0 unspecified atom stereocenters. The highest BCUT2D eigenvalue weighted by atomic mass is 35.5. The Labute approximate surface area is 210 Å². The second-order valence-electron chi connectivity index (χ2n) is 8.05. The van der Waals surface area contributed by atoms with Crippen molar-refractivity contribution in [3.8, 4) is 11.5 Å². The standard InChI is InChI=1S/C26H21ClFN3O3S/c27-19-4-1-17(2-5-19)12-31(13-18-3-10-23-24(11-18)34-16-33-23)14-25-30-22(15-35-25)26(32)29-21-8-6-20(28)7-9-21/h1-11,15H,12-14,16H2,(H,29,32). The zero-order valence-corrected chi connectivity index (χ0v) is 20.1. The summed E-state index contributed by atoms with van der Waals surface area (Å²) < 4.78 is 24.1. The summed E-state index contributed by atoms with van der Waals surface area (Å²) in [5.41, 5.74) is 3.02. The lowest BCUT2D eigenvalue weighted by molar-refractivity contribution is 0.102. The lowest BCUT2D eigenvalue weighted by atomic mass is 10.1. The molecule has 0 saturated heterocycles. The van der Waals surface area contributed by atoms with Crippen LogP contribution >= 0.6 is 22.9 Å². The fourth-order valence-electron chi connectivity index (χ4n) is 3.72. The lowest BCUT2D eigenvalue weighted by Gasteiger charge is -2.22. The molecule has 0 fully saturated rings. The van der Waals surface area contributed by atoms with Gasteiger partial charge in [-0.25, -0.2) is 9.37 Å². The Hall–Kier alpha value is -3.46. The smallest absolute Gasteiger partial charge is 0.275 e. The largest absolute Gasteiger partial charge is 0.454 e. The highest BCUT2D eigenvalue weighted by Crippen LogP contribution is 2.33. The average Bonchev–Trinajstić information content (AvgIpc) is 3.51. The monoisotopic (exact) mass is 509 g/mol. The van der Waals surface area contributed by atoms with E-state index in [0.29, 0.717) is 36.0 Å². The molecule has 1 amide bonds. The Morgan fingerprint density at radius 1 is 0.971 bits per heavy atom. The van der Waals surface area contributed by atoms with Gasteiger partial charge in [-0.1, -0.05) is 29.8 Å². The van der Waals surface area contributed by atoms with Crippen LogP contribution in [0.1, 0.15) is 26.6 Å². The van der Waals surface area contributed by atoms with E-state index in [-0.39, 0.29) is 18.5 Å². The zero-order valence-electron chi connectivity index (χ0n) is 18.5. The molecule has 178 valence electrons. The van der Waals surface area contributed by atoms with E-state index in [2.05, 4.69) is 15.2 Å². The van der Waals surface area contributed by atoms with E-state index in [9.17, 15) is 9.18 Å². The van der Waals surface area contributed by atoms with Crippen LogP contribution in [0, 0.1) is 5.82 Å². The lowest BCUT2D eigenvalue weighted by Crippen LogP contribution is -2.22. The minimum atomic E-state index is -0.359. The summed E-state index contributed by atoms with van der Waals surface area (Å²) in [5, 5.41) is 5.98. The molecule has 1 N–H and O–H groups in total. The van der Waals surface area contributed by atoms with Crippen LogP contribution in [0.3, 0.4) is 0 Å². The number of fused-ring (bicyclic) bond motifs is 1. The Bertz CT molecular complexity index is 1330. The number of anilines is 1. The van der Waals surface area contributed by atoms with Crippen molar-refractivity contribution in [2.75, 3.05) is 12.1 Å². The predicted octanol–water partition coefficient (Wildman–Crippen LogP) is 6.12. The second-order valence-corrected chi connectivity index (χ2v) is 9.43. The summed E-state index contributed by atoms with van der Waals surface area (Å²) in [7, 11) is 0. The van der Waals surface area contributed by atoms with Crippen LogP contribution in [0.15, 0.2) is 72.1 Å². The number of hydrogen-bond acceptors (Lipinski definition) is 6. The van der Waals surface area contributed by atoms with Gasteiger partial charge in [-0.3, -0.25) is 9.69 Å². The van der Waals surface area contributed by atoms with E-state index < -0.39 is 0 Å². The molecule has 0 radical (unpaired) electrons. The summed E-state index contributed by atoms with van der Waals surface area (Å²) in [4.78, 5) is 19.4. The Morgan fingerprint density at radius 2 is 1.69 bits per heavy atom. The number of aromatic nitrogens is 1. The Balaban J connectivity index is 1.31. The molecule has 1 aliphatic heterocycles. The summed E-state index contributed by atoms with van der Waals surface area (Å²) in [5.74, 6) is 0.791. The maximum Gasteiger partial charge on any atom is 0.275 e. The number of nitrogens with zero attached hydrogens (tertiary/aromatic N) is 2. The third kappa shape index (κ3) is 5.97. The van der Waals surface area contributed by atoms with Crippen molar-refractivity contribution in [2.24, 2.45) is 0 Å². The normalized spacial score (nSPS) is 12.2. The van der Waals surface area contributed by atoms with Crippen molar-refractivity contribution in [3.63, 3.8) is 0 Å². The van der Waals surface area contributed by atoms with Gasteiger partial charge in [-0.2, -0.15) is 0 Å². The summed E-state index contributed by atoms with van der Waals surface area (Å²) in [6.07, 6.45) is 0. The first-order valence-corrected chi connectivity index (χ1v) is 12.1. The first-order valence-electron chi connectivity index (χ1n) is 10.9. The number of ether oxygens (including phenoxy) is 2. The molecule has 0 saturated carbocycles. The van der Waals surface area contributed by atoms with Crippen molar-refractivity contribution in [1.82, 2.24) is 9.88 Å². The molecule has 2 heterocycles. The fraction of sp³-hybridized carbons (Fsp3) is 0.154. The second kappa shape index (κ2) is 10.4. The molecule has 35 heavy (non-hydrogen) atoms. The van der Waals surface area contributed by atoms with E-state index in [1.165, 1.54) is 35.6 Å². The third-order valence-electron chi connectivity index (χ3n) is 5.41. The molecular formula is C26H21ClFN3O3S. The van der Waals surface area contributed by atoms with Crippen molar-refractivity contribution in [1.29, 1.82) is 0 Å². The number of benzene rings is 3. The van der Waals surface area contributed by atoms with Crippen molar-refractivity contribution >= 4 is 34.5 Å². The Morgan fingerprint density at radius 3 is 2.49 bits per heavy atom. The van der Waals surface area contributed by atoms with Gasteiger partial charge in [0.15, 0.2) is 11.5 Å². The van der Waals surface area contributed by atoms with Gasteiger partial charge in [0.05, 0.1) is 6.54 Å². The molecule has 0 atom stereocenters. The van der Waals surface area contributed by atoms with Gasteiger partial charge in [0.1, 0.15) is 16.5 Å². The summed E-state index contributed by atoms with van der Waals surface area (Å²) in [6, 6.07) is 19.3. The highest BCUT2D eigenvalue weighted by molar-refractivity contribution is 7.09. The van der Waals surface area contributed by atoms with E-state index in [0.717, 1.165) is 27.6 Å². The molecule has 3 aromatic carbocycles. The topological polar surface area (TPSA) is 63.7 Å². The average molecular weight is 510 g/mol. The fourth-order valence-corrected chi connectivity index (χ4v) is 4.66. The van der Waals surface area contributed by atoms with E-state index in [1.54, 1.807) is 5.38 Å². The molecular weight excluding hydrogens is 489 g/mol. The number of carbonyl (C=O) groups excluding carboxylic acids is 1. The van der Waals surface area contributed by atoms with Crippen LogP contribution in [-0.2, 0) is 19.6 Å². The number of carbonyl (C=O) groups is 1. The molecule has 0 aliphatic carbocycles. The molecule has 0 bridgehead atoms. The number of rotatable bonds is 8. The van der Waals surface area contributed by atoms with E-state index in [4.69, 9.17) is 21.1 Å². The first-order chi connectivity index (χ1) is 17.0. The van der Waals surface area contributed by atoms with Crippen LogP contribution in [-0.4, -0.2) is 22.6 Å². The van der Waals surface area contributed by atoms with Gasteiger partial charge in [0.25, 0.3) is 5.91 Å². The third-order valence-corrected chi connectivity index (χ3v) is 6.49. The first kappa shape index (κ1) is 23.3. The quantitative estimate of drug-likeness (QED) is 0.310. The minimum Gasteiger partial charge on any atom is -0.454 e. The van der Waals surface area contributed by atoms with Gasteiger partial charge < -0.3 is 14.8 Å². The molecule has 6 nitrogen and oxygen atoms in total. The molecule has 0 spiro atoms. The van der Waals surface area contributed by atoms with Crippen molar-refractivity contribution in [3.05, 3.63) is 105 Å². The van der Waals surface area contributed by atoms with Crippen LogP contribution in [0.4, 0.5) is 10.1 Å². The van der Waals surface area contributed by atoms with Crippen LogP contribution < -0.4 is 14.8 Å². The molecule has 4 aromatic rings. The van der Waals surface area contributed by atoms with Crippen molar-refractivity contribution in [2.45, 2.75) is 19.6 Å². The van der Waals surface area contributed by atoms with Crippen LogP contribution in [0.5, 0.6) is 11.5 Å². The molecule has 1 aromatic heterocycles. The maximum atomic E-state index is 13.1. The van der Waals surface area contributed by atoms with Gasteiger partial charge in [-0.05, 0) is 59.7 Å². The van der Waals surface area contributed by atoms with Crippen LogP contribution in [0.2, 0.25) is 5.02 Å². The van der Waals surface area contributed by atoms with Gasteiger partial charge in [-0.15, -0.1) is 11.3 Å². The SMILES string of the molecule is O=C(Nc1ccc(F)cc1)c1csc(CN(Cc2ccc(Cl)cc2)Cc2ccc3c(c2)OCO3)n1. The van der Waals surface area contributed by atoms with E-state index in [1.807, 2.05) is 42.5 Å². The van der Waals surface area contributed by atoms with Crippen molar-refractivity contribution < 1.29 is 18.7 Å². The number of halogens is 2. The molecule has 1 aliphatic rings. The van der Waals surface area contributed by atoms with Gasteiger partial charge in [0.2, 0.25) is 6.79 Å². The number of thiazole rings is 1. The molecule has 9 heteroatoms. The summed E-state index contributed by atoms with van der Waals surface area (Å²) >= 11 is 7.48. The number of hydrogen-bond donors (Lipinski definition) is 1. The number of amides is 1. The highest BCUT2D eigenvalue weighted by Gasteiger charge is 2.17. The van der Waals surface area contributed by atoms with E-state index >= 15 is 0 Å². The Kier molecular flexibility index (Phi) is 6.94. The predicted molar refractivity (Wildman–Crippen MR) is 133 cm³/mol. The minimum absolute atomic E-state index is 0.231. The van der Waals surface area contributed by atoms with Crippen LogP contribution in [0.25, 0.3) is 0 Å².